The fraction of sp³-hybridized carbons (Fsp3) is 0.913. The molecule has 0 bridgehead atoms. The van der Waals surface area contributed by atoms with Crippen LogP contribution >= 0.6 is 15.9 Å². The fourth-order valence-electron chi connectivity index (χ4n) is 5.84. The molecule has 5 atom stereocenters. The SMILES string of the molecule is C1CCCC1.C=C1CCC2C3COCOC3CCC2(C)C1CCBr.CC. The van der Waals surface area contributed by atoms with E-state index in [1.54, 1.807) is 0 Å². The van der Waals surface area contributed by atoms with Crippen LogP contribution in [0.15, 0.2) is 12.2 Å². The van der Waals surface area contributed by atoms with Crippen LogP contribution in [-0.4, -0.2) is 24.8 Å². The summed E-state index contributed by atoms with van der Waals surface area (Å²) in [6.07, 6.45) is 14.1. The quantitative estimate of drug-likeness (QED) is 0.344. The number of ether oxygens (including phenoxy) is 2. The molecule has 3 heteroatoms. The zero-order chi connectivity index (χ0) is 19.0. The molecule has 1 aliphatic heterocycles. The Morgan fingerprint density at radius 1 is 1.12 bits per heavy atom. The van der Waals surface area contributed by atoms with E-state index in [9.17, 15) is 0 Å². The van der Waals surface area contributed by atoms with Gasteiger partial charge in [0.1, 0.15) is 6.79 Å². The van der Waals surface area contributed by atoms with Crippen LogP contribution in [0.3, 0.4) is 0 Å². The molecule has 4 fully saturated rings. The lowest BCUT2D eigenvalue weighted by Gasteiger charge is -2.57. The van der Waals surface area contributed by atoms with Gasteiger partial charge in [-0.1, -0.05) is 81.0 Å². The van der Waals surface area contributed by atoms with Crippen molar-refractivity contribution in [2.75, 3.05) is 18.7 Å². The molecule has 0 spiro atoms. The summed E-state index contributed by atoms with van der Waals surface area (Å²) in [6, 6.07) is 0. The molecule has 0 aromatic heterocycles. The van der Waals surface area contributed by atoms with E-state index in [-0.39, 0.29) is 0 Å². The summed E-state index contributed by atoms with van der Waals surface area (Å²) < 4.78 is 11.4. The van der Waals surface area contributed by atoms with Crippen molar-refractivity contribution >= 4 is 15.9 Å². The molecule has 0 aromatic rings. The lowest BCUT2D eigenvalue weighted by Crippen LogP contribution is -2.54. The number of hydrogen-bond acceptors (Lipinski definition) is 2. The zero-order valence-electron chi connectivity index (χ0n) is 17.4. The third-order valence-electron chi connectivity index (χ3n) is 7.20. The van der Waals surface area contributed by atoms with E-state index in [1.807, 2.05) is 13.8 Å². The first-order valence-corrected chi connectivity index (χ1v) is 12.2. The van der Waals surface area contributed by atoms with Crippen LogP contribution in [0.1, 0.15) is 85.0 Å². The van der Waals surface area contributed by atoms with Gasteiger partial charge < -0.3 is 9.47 Å². The van der Waals surface area contributed by atoms with Gasteiger partial charge in [0.05, 0.1) is 12.7 Å². The molecule has 0 radical (unpaired) electrons. The summed E-state index contributed by atoms with van der Waals surface area (Å²) in [5, 5.41) is 1.08. The smallest absolute Gasteiger partial charge is 0.147 e. The molecule has 0 N–H and O–H groups in total. The predicted octanol–water partition coefficient (Wildman–Crippen LogP) is 7.12. The molecule has 0 aromatic carbocycles. The minimum absolute atomic E-state index is 0.411. The first-order chi connectivity index (χ1) is 12.7. The molecule has 3 aliphatic carbocycles. The minimum atomic E-state index is 0.411. The standard InChI is InChI=1S/C16H25BrO2.C5H10.C2H6/c1-11-3-4-14-12-9-18-10-19-15(12)5-7-16(14,2)13(11)6-8-17;1-2-4-5-3-1;1-2/h12-15H,1,3-10H2,2H3;1-5H2;1-2H3. The number of hydrogen-bond donors (Lipinski definition) is 0. The highest BCUT2D eigenvalue weighted by Crippen LogP contribution is 2.58. The van der Waals surface area contributed by atoms with Gasteiger partial charge in [-0.3, -0.25) is 0 Å². The van der Waals surface area contributed by atoms with Crippen LogP contribution in [0.25, 0.3) is 0 Å². The maximum absolute atomic E-state index is 5.84. The molecule has 1 saturated heterocycles. The van der Waals surface area contributed by atoms with Gasteiger partial charge in [0, 0.05) is 11.2 Å². The number of halogens is 1. The molecule has 5 unspecified atom stereocenters. The highest BCUT2D eigenvalue weighted by Gasteiger charge is 2.53. The molecule has 2 nitrogen and oxygen atoms in total. The van der Waals surface area contributed by atoms with Crippen molar-refractivity contribution in [1.29, 1.82) is 0 Å². The Labute approximate surface area is 170 Å². The summed E-state index contributed by atoms with van der Waals surface area (Å²) in [7, 11) is 0. The van der Waals surface area contributed by atoms with E-state index >= 15 is 0 Å². The van der Waals surface area contributed by atoms with Gasteiger partial charge in [-0.15, -0.1) is 0 Å². The average molecular weight is 429 g/mol. The van der Waals surface area contributed by atoms with Crippen LogP contribution in [0.5, 0.6) is 0 Å². The molecular formula is C23H41BrO2. The van der Waals surface area contributed by atoms with Crippen LogP contribution < -0.4 is 0 Å². The molecule has 0 amide bonds. The second-order valence-corrected chi connectivity index (χ2v) is 9.30. The monoisotopic (exact) mass is 428 g/mol. The van der Waals surface area contributed by atoms with Crippen molar-refractivity contribution in [3.05, 3.63) is 12.2 Å². The Morgan fingerprint density at radius 3 is 2.38 bits per heavy atom. The Bertz CT molecular complexity index is 413. The molecule has 152 valence electrons. The number of allylic oxidation sites excluding steroid dienone is 1. The van der Waals surface area contributed by atoms with Gasteiger partial charge in [0.15, 0.2) is 0 Å². The summed E-state index contributed by atoms with van der Waals surface area (Å²) in [6.45, 7) is 12.3. The Kier molecular flexibility index (Phi) is 9.68. The fourth-order valence-corrected chi connectivity index (χ4v) is 6.29. The minimum Gasteiger partial charge on any atom is -0.355 e. The number of rotatable bonds is 2. The van der Waals surface area contributed by atoms with E-state index in [0.717, 1.165) is 17.9 Å². The van der Waals surface area contributed by atoms with Crippen molar-refractivity contribution < 1.29 is 9.47 Å². The van der Waals surface area contributed by atoms with Crippen molar-refractivity contribution in [3.63, 3.8) is 0 Å². The van der Waals surface area contributed by atoms with Crippen molar-refractivity contribution in [2.24, 2.45) is 23.2 Å². The summed E-state index contributed by atoms with van der Waals surface area (Å²) >= 11 is 3.63. The summed E-state index contributed by atoms with van der Waals surface area (Å²) in [5.41, 5.74) is 1.89. The summed E-state index contributed by atoms with van der Waals surface area (Å²) in [5.74, 6) is 2.04. The average Bonchev–Trinajstić information content (AvgIpc) is 3.26. The van der Waals surface area contributed by atoms with Crippen LogP contribution in [0.2, 0.25) is 0 Å². The van der Waals surface area contributed by atoms with Gasteiger partial charge in [-0.25, -0.2) is 0 Å². The highest BCUT2D eigenvalue weighted by molar-refractivity contribution is 9.09. The zero-order valence-corrected chi connectivity index (χ0v) is 19.0. The number of fused-ring (bicyclic) bond motifs is 3. The van der Waals surface area contributed by atoms with Gasteiger partial charge in [-0.05, 0) is 49.4 Å². The van der Waals surface area contributed by atoms with Crippen molar-refractivity contribution in [3.8, 4) is 0 Å². The molecule has 26 heavy (non-hydrogen) atoms. The van der Waals surface area contributed by atoms with Crippen LogP contribution in [0.4, 0.5) is 0 Å². The van der Waals surface area contributed by atoms with Crippen LogP contribution in [-0.2, 0) is 9.47 Å². The van der Waals surface area contributed by atoms with E-state index in [4.69, 9.17) is 9.47 Å². The van der Waals surface area contributed by atoms with E-state index in [1.165, 1.54) is 69.8 Å². The molecule has 4 rings (SSSR count). The Balaban J connectivity index is 0.000000295. The van der Waals surface area contributed by atoms with Crippen molar-refractivity contribution in [2.45, 2.75) is 91.1 Å². The maximum atomic E-state index is 5.84. The Hall–Kier alpha value is 0.140. The highest BCUT2D eigenvalue weighted by atomic mass is 79.9. The third-order valence-corrected chi connectivity index (χ3v) is 7.66. The second-order valence-electron chi connectivity index (χ2n) is 8.50. The first kappa shape index (κ1) is 22.4. The lowest BCUT2D eigenvalue weighted by molar-refractivity contribution is -0.218. The van der Waals surface area contributed by atoms with E-state index in [0.29, 0.717) is 30.1 Å². The van der Waals surface area contributed by atoms with Crippen LogP contribution in [0, 0.1) is 23.2 Å². The summed E-state index contributed by atoms with van der Waals surface area (Å²) in [4.78, 5) is 0. The van der Waals surface area contributed by atoms with Gasteiger partial charge >= 0.3 is 0 Å². The molecule has 4 aliphatic rings. The maximum Gasteiger partial charge on any atom is 0.147 e. The molecule has 3 saturated carbocycles. The molecular weight excluding hydrogens is 388 g/mol. The van der Waals surface area contributed by atoms with E-state index in [2.05, 4.69) is 29.4 Å². The Morgan fingerprint density at radius 2 is 1.77 bits per heavy atom. The third kappa shape index (κ3) is 5.14. The largest absolute Gasteiger partial charge is 0.355 e. The van der Waals surface area contributed by atoms with Gasteiger partial charge in [0.25, 0.3) is 0 Å². The van der Waals surface area contributed by atoms with Crippen molar-refractivity contribution in [1.82, 2.24) is 0 Å². The van der Waals surface area contributed by atoms with Gasteiger partial charge in [-0.2, -0.15) is 0 Å². The lowest BCUT2D eigenvalue weighted by atomic mass is 9.50. The first-order valence-electron chi connectivity index (χ1n) is 11.1. The normalized spacial score (nSPS) is 38.8. The second kappa shape index (κ2) is 11.2. The van der Waals surface area contributed by atoms with E-state index < -0.39 is 0 Å². The molecule has 1 heterocycles. The topological polar surface area (TPSA) is 18.5 Å². The van der Waals surface area contributed by atoms with Gasteiger partial charge in [0.2, 0.25) is 0 Å². The predicted molar refractivity (Wildman–Crippen MR) is 115 cm³/mol. The number of alkyl halides is 1.